The number of furan rings is 1. The smallest absolute Gasteiger partial charge is 0.185 e. The maximum absolute atomic E-state index is 10.5. The number of carbonyl (C=O) groups excluding carboxylic acids is 1. The van der Waals surface area contributed by atoms with E-state index in [1.165, 1.54) is 0 Å². The Morgan fingerprint density at radius 2 is 2.29 bits per heavy atom. The second-order valence-electron chi connectivity index (χ2n) is 3.58. The van der Waals surface area contributed by atoms with Gasteiger partial charge in [0.1, 0.15) is 11.5 Å². The third kappa shape index (κ3) is 2.72. The Bertz CT molecular complexity index is 505. The van der Waals surface area contributed by atoms with Crippen molar-refractivity contribution in [3.8, 4) is 17.1 Å². The van der Waals surface area contributed by atoms with Gasteiger partial charge in [-0.2, -0.15) is 0 Å². The highest BCUT2D eigenvalue weighted by atomic mass is 16.5. The molecule has 0 saturated heterocycles. The predicted molar refractivity (Wildman–Crippen MR) is 63.1 cm³/mol. The molecular formula is C13H13NO3. The second kappa shape index (κ2) is 5.30. The van der Waals surface area contributed by atoms with Crippen LogP contribution in [0.2, 0.25) is 0 Å². The van der Waals surface area contributed by atoms with Gasteiger partial charge in [0.25, 0.3) is 0 Å². The molecule has 0 aromatic carbocycles. The van der Waals surface area contributed by atoms with Crippen LogP contribution in [0, 0.1) is 0 Å². The third-order valence-electron chi connectivity index (χ3n) is 2.21. The highest BCUT2D eigenvalue weighted by Crippen LogP contribution is 2.24. The quantitative estimate of drug-likeness (QED) is 0.742. The highest BCUT2D eigenvalue weighted by Gasteiger charge is 2.05. The number of nitrogens with zero attached hydrogens (tertiary/aromatic N) is 1. The summed E-state index contributed by atoms with van der Waals surface area (Å²) in [7, 11) is 0. The van der Waals surface area contributed by atoms with Crippen LogP contribution in [0.15, 0.2) is 35.0 Å². The molecule has 2 rings (SSSR count). The molecule has 0 aliphatic heterocycles. The number of carbonyl (C=O) groups is 1. The molecule has 0 spiro atoms. The van der Waals surface area contributed by atoms with E-state index in [9.17, 15) is 4.79 Å². The number of rotatable bonds is 5. The van der Waals surface area contributed by atoms with Gasteiger partial charge in [0.05, 0.1) is 12.8 Å². The number of pyridine rings is 1. The zero-order chi connectivity index (χ0) is 12.1. The van der Waals surface area contributed by atoms with Crippen LogP contribution < -0.4 is 4.74 Å². The van der Waals surface area contributed by atoms with Crippen molar-refractivity contribution in [3.63, 3.8) is 0 Å². The fraction of sp³-hybridized carbons (Fsp3) is 0.231. The molecule has 2 aromatic heterocycles. The summed E-state index contributed by atoms with van der Waals surface area (Å²) in [5.41, 5.74) is 0.798. The van der Waals surface area contributed by atoms with Gasteiger partial charge in [0.15, 0.2) is 12.0 Å². The maximum Gasteiger partial charge on any atom is 0.185 e. The Morgan fingerprint density at radius 1 is 1.41 bits per heavy atom. The zero-order valence-electron chi connectivity index (χ0n) is 9.55. The lowest BCUT2D eigenvalue weighted by Gasteiger charge is -2.04. The maximum atomic E-state index is 10.5. The van der Waals surface area contributed by atoms with Crippen molar-refractivity contribution in [3.05, 3.63) is 36.4 Å². The van der Waals surface area contributed by atoms with Crippen LogP contribution >= 0.6 is 0 Å². The van der Waals surface area contributed by atoms with Crippen molar-refractivity contribution in [2.45, 2.75) is 13.3 Å². The highest BCUT2D eigenvalue weighted by molar-refractivity contribution is 5.72. The Morgan fingerprint density at radius 3 is 3.00 bits per heavy atom. The second-order valence-corrected chi connectivity index (χ2v) is 3.58. The van der Waals surface area contributed by atoms with E-state index in [1.807, 2.05) is 13.0 Å². The van der Waals surface area contributed by atoms with Gasteiger partial charge in [-0.25, -0.2) is 0 Å². The number of hydrogen-bond acceptors (Lipinski definition) is 4. The minimum absolute atomic E-state index is 0.305. The Balaban J connectivity index is 2.22. The molecule has 0 N–H and O–H groups in total. The van der Waals surface area contributed by atoms with Gasteiger partial charge in [-0.1, -0.05) is 6.92 Å². The fourth-order valence-corrected chi connectivity index (χ4v) is 1.42. The predicted octanol–water partition coefficient (Wildman–Crippen LogP) is 2.94. The number of aromatic nitrogens is 1. The summed E-state index contributed by atoms with van der Waals surface area (Å²) in [6.45, 7) is 2.70. The average molecular weight is 231 g/mol. The summed E-state index contributed by atoms with van der Waals surface area (Å²) in [6, 6.07) is 5.21. The van der Waals surface area contributed by atoms with Crippen molar-refractivity contribution in [1.29, 1.82) is 0 Å². The van der Waals surface area contributed by atoms with Gasteiger partial charge in [0, 0.05) is 11.8 Å². The lowest BCUT2D eigenvalue weighted by molar-refractivity contribution is 0.110. The van der Waals surface area contributed by atoms with Crippen molar-refractivity contribution >= 4 is 6.29 Å². The Labute approximate surface area is 99.2 Å². The zero-order valence-corrected chi connectivity index (χ0v) is 9.55. The number of ether oxygens (including phenoxy) is 1. The van der Waals surface area contributed by atoms with Crippen LogP contribution in [-0.2, 0) is 0 Å². The first kappa shape index (κ1) is 11.4. The van der Waals surface area contributed by atoms with Gasteiger partial charge in [-0.15, -0.1) is 0 Å². The Hall–Kier alpha value is -2.10. The molecule has 88 valence electrons. The van der Waals surface area contributed by atoms with Crippen LogP contribution in [0.5, 0.6) is 5.75 Å². The van der Waals surface area contributed by atoms with Crippen LogP contribution in [0.25, 0.3) is 11.3 Å². The Kier molecular flexibility index (Phi) is 3.55. The number of hydrogen-bond donors (Lipinski definition) is 0. The molecule has 0 radical (unpaired) electrons. The van der Waals surface area contributed by atoms with E-state index in [0.717, 1.165) is 12.0 Å². The van der Waals surface area contributed by atoms with Gasteiger partial charge in [-0.05, 0) is 24.6 Å². The normalized spacial score (nSPS) is 10.2. The largest absolute Gasteiger partial charge is 0.492 e. The van der Waals surface area contributed by atoms with Crippen LogP contribution in [0.3, 0.4) is 0 Å². The molecular weight excluding hydrogens is 218 g/mol. The SMILES string of the molecule is CCCOc1cncc(-c2ccc(C=O)o2)c1. The molecule has 0 saturated carbocycles. The van der Waals surface area contributed by atoms with E-state index in [2.05, 4.69) is 4.98 Å². The fourth-order valence-electron chi connectivity index (χ4n) is 1.42. The van der Waals surface area contributed by atoms with Crippen molar-refractivity contribution in [2.24, 2.45) is 0 Å². The van der Waals surface area contributed by atoms with Gasteiger partial charge in [-0.3, -0.25) is 9.78 Å². The van der Waals surface area contributed by atoms with Gasteiger partial charge in [0.2, 0.25) is 0 Å². The van der Waals surface area contributed by atoms with Crippen molar-refractivity contribution in [2.75, 3.05) is 6.61 Å². The molecule has 4 heteroatoms. The first-order chi connectivity index (χ1) is 8.33. The average Bonchev–Trinajstić information content (AvgIpc) is 2.85. The lowest BCUT2D eigenvalue weighted by atomic mass is 10.2. The topological polar surface area (TPSA) is 52.3 Å². The summed E-state index contributed by atoms with van der Waals surface area (Å²) in [5, 5.41) is 0. The third-order valence-corrected chi connectivity index (χ3v) is 2.21. The molecule has 2 heterocycles. The van der Waals surface area contributed by atoms with Crippen molar-refractivity contribution in [1.82, 2.24) is 4.98 Å². The van der Waals surface area contributed by atoms with Crippen LogP contribution in [0.1, 0.15) is 23.9 Å². The van der Waals surface area contributed by atoms with Crippen LogP contribution in [0.4, 0.5) is 0 Å². The summed E-state index contributed by atoms with van der Waals surface area (Å²) in [6.07, 6.45) is 4.95. The van der Waals surface area contributed by atoms with Crippen molar-refractivity contribution < 1.29 is 13.9 Å². The van der Waals surface area contributed by atoms with E-state index in [0.29, 0.717) is 30.2 Å². The molecule has 4 nitrogen and oxygen atoms in total. The first-order valence-corrected chi connectivity index (χ1v) is 5.46. The van der Waals surface area contributed by atoms with E-state index in [4.69, 9.17) is 9.15 Å². The molecule has 0 aliphatic carbocycles. The first-order valence-electron chi connectivity index (χ1n) is 5.46. The van der Waals surface area contributed by atoms with Gasteiger partial charge >= 0.3 is 0 Å². The summed E-state index contributed by atoms with van der Waals surface area (Å²) >= 11 is 0. The van der Waals surface area contributed by atoms with E-state index < -0.39 is 0 Å². The molecule has 0 bridgehead atoms. The monoisotopic (exact) mass is 231 g/mol. The minimum Gasteiger partial charge on any atom is -0.492 e. The molecule has 2 aromatic rings. The molecule has 17 heavy (non-hydrogen) atoms. The standard InChI is InChI=1S/C13H13NO3/c1-2-5-16-12-6-10(7-14-8-12)13-4-3-11(9-15)17-13/h3-4,6-9H,2,5H2,1H3. The summed E-state index contributed by atoms with van der Waals surface area (Å²) in [5.74, 6) is 1.62. The van der Waals surface area contributed by atoms with E-state index in [-0.39, 0.29) is 0 Å². The van der Waals surface area contributed by atoms with E-state index in [1.54, 1.807) is 24.5 Å². The number of aldehydes is 1. The molecule has 0 unspecified atom stereocenters. The molecule has 0 atom stereocenters. The van der Waals surface area contributed by atoms with Crippen LogP contribution in [-0.4, -0.2) is 17.9 Å². The minimum atomic E-state index is 0.305. The van der Waals surface area contributed by atoms with E-state index >= 15 is 0 Å². The lowest BCUT2D eigenvalue weighted by Crippen LogP contribution is -1.95. The summed E-state index contributed by atoms with van der Waals surface area (Å²) < 4.78 is 10.8. The van der Waals surface area contributed by atoms with Gasteiger partial charge < -0.3 is 9.15 Å². The molecule has 0 aliphatic rings. The molecule has 0 amide bonds. The summed E-state index contributed by atoms with van der Waals surface area (Å²) in [4.78, 5) is 14.6. The molecule has 0 fully saturated rings.